The molecule has 1 aromatic heterocycles. The van der Waals surface area contributed by atoms with Gasteiger partial charge < -0.3 is 10.1 Å². The number of hydrogen-bond acceptors (Lipinski definition) is 4. The molecule has 6 heteroatoms. The summed E-state index contributed by atoms with van der Waals surface area (Å²) in [6.45, 7) is 1.04. The fraction of sp³-hybridized carbons (Fsp3) is 0.333. The quantitative estimate of drug-likeness (QED) is 0.839. The molecule has 1 N–H and O–H groups in total. The molecule has 5 nitrogen and oxygen atoms in total. The summed E-state index contributed by atoms with van der Waals surface area (Å²) >= 11 is 1.66. The molecule has 2 amide bonds. The van der Waals surface area contributed by atoms with Gasteiger partial charge in [0.1, 0.15) is 6.10 Å². The molecule has 1 aromatic carbocycles. The number of ether oxygens (including phenoxy) is 1. The average Bonchev–Trinajstić information content (AvgIpc) is 3.23. The number of para-hydroxylation sites is 1. The number of cyclic esters (lactones) is 1. The van der Waals surface area contributed by atoms with Gasteiger partial charge in [-0.2, -0.15) is 0 Å². The number of carbonyl (C=O) groups excluding carboxylic acids is 2. The summed E-state index contributed by atoms with van der Waals surface area (Å²) in [5, 5.41) is 4.91. The third-order valence-corrected chi connectivity index (χ3v) is 4.85. The van der Waals surface area contributed by atoms with Gasteiger partial charge in [0, 0.05) is 30.0 Å². The molecular formula is C18H20N2O3S. The Balaban J connectivity index is 1.38. The summed E-state index contributed by atoms with van der Waals surface area (Å²) in [7, 11) is 0. The fourth-order valence-corrected chi connectivity index (χ4v) is 3.35. The SMILES string of the molecule is O=C(CCc1cccs1)NCCC1CN(c2ccccc2)C(=O)O1. The number of nitrogens with zero attached hydrogens (tertiary/aromatic N) is 1. The van der Waals surface area contributed by atoms with E-state index in [-0.39, 0.29) is 18.1 Å². The molecule has 1 aliphatic rings. The van der Waals surface area contributed by atoms with E-state index in [2.05, 4.69) is 5.32 Å². The lowest BCUT2D eigenvalue weighted by Gasteiger charge is -2.12. The van der Waals surface area contributed by atoms with Crippen molar-refractivity contribution in [1.82, 2.24) is 5.32 Å². The van der Waals surface area contributed by atoms with Crippen molar-refractivity contribution in [2.45, 2.75) is 25.4 Å². The zero-order valence-electron chi connectivity index (χ0n) is 13.3. The molecular weight excluding hydrogens is 324 g/mol. The van der Waals surface area contributed by atoms with Gasteiger partial charge in [-0.1, -0.05) is 24.3 Å². The fourth-order valence-electron chi connectivity index (χ4n) is 2.64. The second-order valence-corrected chi connectivity index (χ2v) is 6.70. The molecule has 1 unspecified atom stereocenters. The van der Waals surface area contributed by atoms with Crippen LogP contribution in [0.2, 0.25) is 0 Å². The van der Waals surface area contributed by atoms with Crippen LogP contribution in [0.1, 0.15) is 17.7 Å². The molecule has 1 fully saturated rings. The zero-order chi connectivity index (χ0) is 16.8. The van der Waals surface area contributed by atoms with Gasteiger partial charge in [0.05, 0.1) is 6.54 Å². The molecule has 3 rings (SSSR count). The smallest absolute Gasteiger partial charge is 0.414 e. The van der Waals surface area contributed by atoms with E-state index in [4.69, 9.17) is 4.74 Å². The lowest BCUT2D eigenvalue weighted by atomic mass is 10.2. The maximum Gasteiger partial charge on any atom is 0.414 e. The summed E-state index contributed by atoms with van der Waals surface area (Å²) in [4.78, 5) is 26.6. The standard InChI is InChI=1S/C18H20N2O3S/c21-17(9-8-16-7-4-12-24-16)19-11-10-15-13-20(18(22)23-15)14-5-2-1-3-6-14/h1-7,12,15H,8-11,13H2,(H,19,21). The van der Waals surface area contributed by atoms with E-state index in [0.29, 0.717) is 25.9 Å². The number of rotatable bonds is 7. The first-order chi connectivity index (χ1) is 11.7. The maximum atomic E-state index is 11.9. The molecule has 1 saturated heterocycles. The van der Waals surface area contributed by atoms with Crippen molar-refractivity contribution in [3.05, 3.63) is 52.7 Å². The van der Waals surface area contributed by atoms with Crippen LogP contribution >= 0.6 is 11.3 Å². The van der Waals surface area contributed by atoms with Gasteiger partial charge in [-0.05, 0) is 30.0 Å². The van der Waals surface area contributed by atoms with Crippen LogP contribution in [0, 0.1) is 0 Å². The molecule has 0 saturated carbocycles. The lowest BCUT2D eigenvalue weighted by Crippen LogP contribution is -2.29. The Morgan fingerprint density at radius 3 is 2.83 bits per heavy atom. The predicted molar refractivity (Wildman–Crippen MR) is 94.3 cm³/mol. The predicted octanol–water partition coefficient (Wildman–Crippen LogP) is 3.21. The van der Waals surface area contributed by atoms with Gasteiger partial charge in [0.2, 0.25) is 5.91 Å². The van der Waals surface area contributed by atoms with Crippen LogP contribution in [-0.4, -0.2) is 31.2 Å². The van der Waals surface area contributed by atoms with Crippen molar-refractivity contribution in [2.75, 3.05) is 18.0 Å². The summed E-state index contributed by atoms with van der Waals surface area (Å²) in [5.74, 6) is 0.0349. The Morgan fingerprint density at radius 1 is 1.25 bits per heavy atom. The van der Waals surface area contributed by atoms with Crippen molar-refractivity contribution in [2.24, 2.45) is 0 Å². The van der Waals surface area contributed by atoms with E-state index in [1.165, 1.54) is 4.88 Å². The summed E-state index contributed by atoms with van der Waals surface area (Å²) in [6.07, 6.45) is 1.37. The number of nitrogens with one attached hydrogen (secondary N) is 1. The highest BCUT2D eigenvalue weighted by Gasteiger charge is 2.31. The van der Waals surface area contributed by atoms with Gasteiger partial charge in [-0.15, -0.1) is 11.3 Å². The normalized spacial score (nSPS) is 16.9. The molecule has 0 spiro atoms. The van der Waals surface area contributed by atoms with E-state index in [1.807, 2.05) is 47.8 Å². The summed E-state index contributed by atoms with van der Waals surface area (Å²) in [6, 6.07) is 13.5. The summed E-state index contributed by atoms with van der Waals surface area (Å²) in [5.41, 5.74) is 0.838. The Morgan fingerprint density at radius 2 is 2.08 bits per heavy atom. The molecule has 126 valence electrons. The molecule has 0 radical (unpaired) electrons. The first-order valence-corrected chi connectivity index (χ1v) is 8.92. The van der Waals surface area contributed by atoms with Gasteiger partial charge in [-0.25, -0.2) is 4.79 Å². The van der Waals surface area contributed by atoms with Crippen LogP contribution in [0.4, 0.5) is 10.5 Å². The number of benzene rings is 1. The van der Waals surface area contributed by atoms with Crippen LogP contribution in [0.5, 0.6) is 0 Å². The van der Waals surface area contributed by atoms with Gasteiger partial charge in [0.15, 0.2) is 0 Å². The summed E-state index contributed by atoms with van der Waals surface area (Å²) < 4.78 is 5.37. The van der Waals surface area contributed by atoms with E-state index < -0.39 is 0 Å². The second kappa shape index (κ2) is 7.97. The van der Waals surface area contributed by atoms with E-state index >= 15 is 0 Å². The van der Waals surface area contributed by atoms with Gasteiger partial charge in [0.25, 0.3) is 0 Å². The maximum absolute atomic E-state index is 11.9. The molecule has 2 heterocycles. The third-order valence-electron chi connectivity index (χ3n) is 3.91. The largest absolute Gasteiger partial charge is 0.444 e. The second-order valence-electron chi connectivity index (χ2n) is 5.67. The molecule has 1 aliphatic heterocycles. The van der Waals surface area contributed by atoms with Crippen molar-refractivity contribution in [3.8, 4) is 0 Å². The van der Waals surface area contributed by atoms with Crippen molar-refractivity contribution in [3.63, 3.8) is 0 Å². The van der Waals surface area contributed by atoms with Crippen molar-refractivity contribution in [1.29, 1.82) is 0 Å². The van der Waals surface area contributed by atoms with Crippen LogP contribution in [0.3, 0.4) is 0 Å². The van der Waals surface area contributed by atoms with Gasteiger partial charge >= 0.3 is 6.09 Å². The monoisotopic (exact) mass is 344 g/mol. The molecule has 1 atom stereocenters. The number of hydrogen-bond donors (Lipinski definition) is 1. The van der Waals surface area contributed by atoms with Crippen LogP contribution in [0.15, 0.2) is 47.8 Å². The minimum Gasteiger partial charge on any atom is -0.444 e. The van der Waals surface area contributed by atoms with Crippen LogP contribution in [0.25, 0.3) is 0 Å². The molecule has 0 bridgehead atoms. The number of carbonyl (C=O) groups is 2. The Hall–Kier alpha value is -2.34. The third kappa shape index (κ3) is 4.35. The Labute approximate surface area is 145 Å². The minimum atomic E-state index is -0.324. The highest BCUT2D eigenvalue weighted by atomic mass is 32.1. The Kier molecular flexibility index (Phi) is 5.48. The van der Waals surface area contributed by atoms with E-state index in [1.54, 1.807) is 16.2 Å². The minimum absolute atomic E-state index is 0.0349. The topological polar surface area (TPSA) is 58.6 Å². The highest BCUT2D eigenvalue weighted by Crippen LogP contribution is 2.22. The van der Waals surface area contributed by atoms with Crippen molar-refractivity contribution >= 4 is 29.0 Å². The lowest BCUT2D eigenvalue weighted by molar-refractivity contribution is -0.121. The Bertz CT molecular complexity index is 673. The highest BCUT2D eigenvalue weighted by molar-refractivity contribution is 7.09. The number of aryl methyl sites for hydroxylation is 1. The van der Waals surface area contributed by atoms with Crippen molar-refractivity contribution < 1.29 is 14.3 Å². The molecule has 24 heavy (non-hydrogen) atoms. The number of thiophene rings is 1. The van der Waals surface area contributed by atoms with Crippen LogP contribution < -0.4 is 10.2 Å². The van der Waals surface area contributed by atoms with E-state index in [9.17, 15) is 9.59 Å². The average molecular weight is 344 g/mol. The number of amides is 2. The molecule has 0 aliphatic carbocycles. The van der Waals surface area contributed by atoms with Crippen LogP contribution in [-0.2, 0) is 16.0 Å². The van der Waals surface area contributed by atoms with E-state index in [0.717, 1.165) is 12.1 Å². The van der Waals surface area contributed by atoms with Gasteiger partial charge in [-0.3, -0.25) is 9.69 Å². The number of anilines is 1. The molecule has 2 aromatic rings. The zero-order valence-corrected chi connectivity index (χ0v) is 14.1. The first-order valence-electron chi connectivity index (χ1n) is 8.04. The first kappa shape index (κ1) is 16.5.